The first kappa shape index (κ1) is 13.2. The summed E-state index contributed by atoms with van der Waals surface area (Å²) in [4.78, 5) is 8.83. The Morgan fingerprint density at radius 1 is 1.39 bits per heavy atom. The van der Waals surface area contributed by atoms with Crippen LogP contribution >= 0.6 is 15.9 Å². The average molecular weight is 309 g/mol. The summed E-state index contributed by atoms with van der Waals surface area (Å²) >= 11 is 3.41. The van der Waals surface area contributed by atoms with Gasteiger partial charge in [0.1, 0.15) is 5.82 Å². The highest BCUT2D eigenvalue weighted by Gasteiger charge is 2.14. The molecule has 2 aromatic rings. The third-order valence-corrected chi connectivity index (χ3v) is 3.33. The van der Waals surface area contributed by atoms with Crippen LogP contribution in [0.2, 0.25) is 0 Å². The van der Waals surface area contributed by atoms with Crippen molar-refractivity contribution < 1.29 is 0 Å². The van der Waals surface area contributed by atoms with E-state index in [-0.39, 0.29) is 6.04 Å². The molecule has 1 atom stereocenters. The van der Waals surface area contributed by atoms with Gasteiger partial charge in [0.05, 0.1) is 11.7 Å². The Kier molecular flexibility index (Phi) is 4.49. The molecule has 5 heteroatoms. The molecule has 0 aliphatic carbocycles. The van der Waals surface area contributed by atoms with Crippen LogP contribution in [0.15, 0.2) is 35.2 Å². The van der Waals surface area contributed by atoms with Crippen molar-refractivity contribution in [2.75, 3.05) is 6.54 Å². The first-order chi connectivity index (χ1) is 8.70. The maximum Gasteiger partial charge on any atom is 0.110 e. The van der Waals surface area contributed by atoms with Crippen LogP contribution in [0, 0.1) is 0 Å². The number of aryl methyl sites for hydroxylation is 1. The Hall–Kier alpha value is -1.20. The number of likely N-dealkylation sites (N-methyl/N-ethyl adjacent to an activating group) is 1. The molecule has 96 valence electrons. The van der Waals surface area contributed by atoms with E-state index in [0.717, 1.165) is 29.0 Å². The molecule has 0 bridgehead atoms. The van der Waals surface area contributed by atoms with Crippen LogP contribution in [-0.4, -0.2) is 21.1 Å². The molecule has 2 rings (SSSR count). The predicted octanol–water partition coefficient (Wildman–Crippen LogP) is 2.47. The number of pyridine rings is 1. The van der Waals surface area contributed by atoms with Crippen molar-refractivity contribution in [1.29, 1.82) is 0 Å². The fourth-order valence-electron chi connectivity index (χ4n) is 1.90. The van der Waals surface area contributed by atoms with Crippen molar-refractivity contribution in [3.63, 3.8) is 0 Å². The molecule has 0 aliphatic heterocycles. The highest BCUT2D eigenvalue weighted by molar-refractivity contribution is 9.10. The molecule has 1 unspecified atom stereocenters. The first-order valence-electron chi connectivity index (χ1n) is 6.01. The van der Waals surface area contributed by atoms with E-state index in [1.807, 2.05) is 42.3 Å². The Morgan fingerprint density at radius 2 is 2.22 bits per heavy atom. The van der Waals surface area contributed by atoms with E-state index in [0.29, 0.717) is 0 Å². The van der Waals surface area contributed by atoms with Crippen LogP contribution in [0.25, 0.3) is 0 Å². The molecular weight excluding hydrogens is 292 g/mol. The number of imidazole rings is 1. The van der Waals surface area contributed by atoms with Gasteiger partial charge in [0.15, 0.2) is 0 Å². The predicted molar refractivity (Wildman–Crippen MR) is 75.3 cm³/mol. The standard InChI is InChI=1S/C13H17BrN4/c1-3-15-12(8-13-16-6-7-18(13)2)11-5-4-10(14)9-17-11/h4-7,9,12,15H,3,8H2,1-2H3. The molecule has 0 fully saturated rings. The molecule has 0 aromatic carbocycles. The summed E-state index contributed by atoms with van der Waals surface area (Å²) in [6, 6.07) is 4.26. The van der Waals surface area contributed by atoms with Gasteiger partial charge in [0, 0.05) is 36.5 Å². The van der Waals surface area contributed by atoms with Crippen LogP contribution < -0.4 is 5.32 Å². The number of rotatable bonds is 5. The minimum Gasteiger partial charge on any atom is -0.338 e. The van der Waals surface area contributed by atoms with Gasteiger partial charge in [-0.2, -0.15) is 0 Å². The lowest BCUT2D eigenvalue weighted by atomic mass is 10.1. The van der Waals surface area contributed by atoms with Gasteiger partial charge in [-0.15, -0.1) is 0 Å². The summed E-state index contributed by atoms with van der Waals surface area (Å²) in [5.41, 5.74) is 1.04. The number of aromatic nitrogens is 3. The maximum absolute atomic E-state index is 4.46. The topological polar surface area (TPSA) is 42.7 Å². The van der Waals surface area contributed by atoms with E-state index in [9.17, 15) is 0 Å². The Balaban J connectivity index is 2.18. The quantitative estimate of drug-likeness (QED) is 0.922. The monoisotopic (exact) mass is 308 g/mol. The molecular formula is C13H17BrN4. The highest BCUT2D eigenvalue weighted by Crippen LogP contribution is 2.17. The van der Waals surface area contributed by atoms with Crippen molar-refractivity contribution in [3.05, 3.63) is 46.7 Å². The van der Waals surface area contributed by atoms with Gasteiger partial charge in [-0.1, -0.05) is 6.92 Å². The molecule has 1 N–H and O–H groups in total. The molecule has 0 saturated heterocycles. The van der Waals surface area contributed by atoms with Crippen molar-refractivity contribution in [2.24, 2.45) is 7.05 Å². The fraction of sp³-hybridized carbons (Fsp3) is 0.385. The van der Waals surface area contributed by atoms with Crippen LogP contribution in [0.5, 0.6) is 0 Å². The van der Waals surface area contributed by atoms with Gasteiger partial charge >= 0.3 is 0 Å². The number of hydrogen-bond donors (Lipinski definition) is 1. The molecule has 0 amide bonds. The lowest BCUT2D eigenvalue weighted by Crippen LogP contribution is -2.25. The van der Waals surface area contributed by atoms with Crippen LogP contribution in [-0.2, 0) is 13.5 Å². The zero-order valence-electron chi connectivity index (χ0n) is 10.6. The van der Waals surface area contributed by atoms with E-state index in [1.54, 1.807) is 0 Å². The number of halogens is 1. The van der Waals surface area contributed by atoms with E-state index in [4.69, 9.17) is 0 Å². The van der Waals surface area contributed by atoms with Gasteiger partial charge in [-0.25, -0.2) is 4.98 Å². The lowest BCUT2D eigenvalue weighted by molar-refractivity contribution is 0.517. The molecule has 0 spiro atoms. The average Bonchev–Trinajstić information content (AvgIpc) is 2.76. The zero-order chi connectivity index (χ0) is 13.0. The molecule has 0 aliphatic rings. The Labute approximate surface area is 116 Å². The minimum absolute atomic E-state index is 0.198. The fourth-order valence-corrected chi connectivity index (χ4v) is 2.13. The third kappa shape index (κ3) is 3.17. The van der Waals surface area contributed by atoms with Gasteiger partial charge in [0.2, 0.25) is 0 Å². The van der Waals surface area contributed by atoms with Gasteiger partial charge < -0.3 is 9.88 Å². The van der Waals surface area contributed by atoms with Crippen molar-refractivity contribution in [3.8, 4) is 0 Å². The normalized spacial score (nSPS) is 12.6. The molecule has 2 aromatic heterocycles. The van der Waals surface area contributed by atoms with Crippen LogP contribution in [0.1, 0.15) is 24.5 Å². The number of hydrogen-bond acceptors (Lipinski definition) is 3. The van der Waals surface area contributed by atoms with E-state index in [2.05, 4.69) is 38.1 Å². The molecule has 18 heavy (non-hydrogen) atoms. The summed E-state index contributed by atoms with van der Waals surface area (Å²) in [7, 11) is 2.01. The summed E-state index contributed by atoms with van der Waals surface area (Å²) in [5.74, 6) is 1.06. The maximum atomic E-state index is 4.46. The SMILES string of the molecule is CCNC(Cc1nccn1C)c1ccc(Br)cn1. The minimum atomic E-state index is 0.198. The summed E-state index contributed by atoms with van der Waals surface area (Å²) in [5, 5.41) is 3.45. The molecule has 2 heterocycles. The van der Waals surface area contributed by atoms with Crippen molar-refractivity contribution in [1.82, 2.24) is 19.9 Å². The number of nitrogens with one attached hydrogen (secondary N) is 1. The van der Waals surface area contributed by atoms with Crippen molar-refractivity contribution >= 4 is 15.9 Å². The van der Waals surface area contributed by atoms with Gasteiger partial charge in [0.25, 0.3) is 0 Å². The van der Waals surface area contributed by atoms with Crippen LogP contribution in [0.3, 0.4) is 0 Å². The van der Waals surface area contributed by atoms with Gasteiger partial charge in [-0.05, 0) is 34.6 Å². The smallest absolute Gasteiger partial charge is 0.110 e. The van der Waals surface area contributed by atoms with Gasteiger partial charge in [-0.3, -0.25) is 4.98 Å². The Morgan fingerprint density at radius 3 is 2.78 bits per heavy atom. The van der Waals surface area contributed by atoms with Crippen LogP contribution in [0.4, 0.5) is 0 Å². The molecule has 4 nitrogen and oxygen atoms in total. The Bertz CT molecular complexity index is 492. The second-order valence-corrected chi connectivity index (χ2v) is 5.09. The summed E-state index contributed by atoms with van der Waals surface area (Å²) in [6.45, 7) is 3.01. The summed E-state index contributed by atoms with van der Waals surface area (Å²) < 4.78 is 3.04. The number of nitrogens with zero attached hydrogens (tertiary/aromatic N) is 3. The second-order valence-electron chi connectivity index (χ2n) is 4.17. The van der Waals surface area contributed by atoms with E-state index < -0.39 is 0 Å². The van der Waals surface area contributed by atoms with Crippen molar-refractivity contribution in [2.45, 2.75) is 19.4 Å². The highest BCUT2D eigenvalue weighted by atomic mass is 79.9. The summed E-state index contributed by atoms with van der Waals surface area (Å²) in [6.07, 6.45) is 6.46. The molecule has 0 saturated carbocycles. The van der Waals surface area contributed by atoms with E-state index >= 15 is 0 Å². The third-order valence-electron chi connectivity index (χ3n) is 2.87. The zero-order valence-corrected chi connectivity index (χ0v) is 12.2. The first-order valence-corrected chi connectivity index (χ1v) is 6.81. The van der Waals surface area contributed by atoms with E-state index in [1.165, 1.54) is 0 Å². The second kappa shape index (κ2) is 6.11. The molecule has 0 radical (unpaired) electrons. The largest absolute Gasteiger partial charge is 0.338 e. The lowest BCUT2D eigenvalue weighted by Gasteiger charge is -2.17.